The fourth-order valence-electron chi connectivity index (χ4n) is 3.27. The van der Waals surface area contributed by atoms with E-state index in [-0.39, 0.29) is 15.8 Å². The molecule has 4 rings (SSSR count). The van der Waals surface area contributed by atoms with Crippen molar-refractivity contribution >= 4 is 28.9 Å². The number of oxime groups is 1. The largest absolute Gasteiger partial charge is 0.429 e. The molecule has 0 fully saturated rings. The third kappa shape index (κ3) is 3.17. The second-order valence-electron chi connectivity index (χ2n) is 6.20. The van der Waals surface area contributed by atoms with Crippen molar-refractivity contribution in [3.8, 4) is 0 Å². The van der Waals surface area contributed by atoms with Gasteiger partial charge in [0.05, 0.1) is 24.8 Å². The fraction of sp³-hybridized carbons (Fsp3) is 0.278. The number of fused-ring (bicyclic) bond motifs is 1. The highest BCUT2D eigenvalue weighted by Gasteiger charge is 2.53. The van der Waals surface area contributed by atoms with E-state index in [1.165, 1.54) is 18.2 Å². The summed E-state index contributed by atoms with van der Waals surface area (Å²) in [5.41, 5.74) is 3.01. The molecule has 0 N–H and O–H groups in total. The van der Waals surface area contributed by atoms with Crippen molar-refractivity contribution in [2.75, 3.05) is 0 Å². The monoisotopic (exact) mass is 401 g/mol. The summed E-state index contributed by atoms with van der Waals surface area (Å²) in [7, 11) is 0. The van der Waals surface area contributed by atoms with Gasteiger partial charge in [0.2, 0.25) is 6.10 Å². The van der Waals surface area contributed by atoms with Crippen LogP contribution in [0, 0.1) is 0 Å². The highest BCUT2D eigenvalue weighted by Crippen LogP contribution is 2.42. The SMILES string of the molecule is FC(F)(F)C1ON=C(c2ccc3c(c2)COC3)C1c1cc(Cl)cc(Cl)c1. The molecule has 3 nitrogen and oxygen atoms in total. The zero-order valence-corrected chi connectivity index (χ0v) is 14.7. The Balaban J connectivity index is 1.80. The molecule has 2 aromatic carbocycles. The van der Waals surface area contributed by atoms with Gasteiger partial charge >= 0.3 is 6.18 Å². The molecule has 0 bridgehead atoms. The maximum absolute atomic E-state index is 13.5. The molecule has 26 heavy (non-hydrogen) atoms. The molecule has 0 spiro atoms. The fourth-order valence-corrected chi connectivity index (χ4v) is 3.82. The molecule has 0 saturated heterocycles. The van der Waals surface area contributed by atoms with Crippen LogP contribution < -0.4 is 0 Å². The van der Waals surface area contributed by atoms with Gasteiger partial charge in [0.1, 0.15) is 0 Å². The van der Waals surface area contributed by atoms with Crippen molar-refractivity contribution in [2.45, 2.75) is 31.4 Å². The Bertz CT molecular complexity index is 878. The van der Waals surface area contributed by atoms with Gasteiger partial charge in [-0.25, -0.2) is 0 Å². The zero-order chi connectivity index (χ0) is 18.5. The third-order valence-corrected chi connectivity index (χ3v) is 4.88. The van der Waals surface area contributed by atoms with E-state index in [9.17, 15) is 13.2 Å². The van der Waals surface area contributed by atoms with E-state index in [1.54, 1.807) is 12.1 Å². The Morgan fingerprint density at radius 2 is 1.65 bits per heavy atom. The van der Waals surface area contributed by atoms with Gasteiger partial charge in [-0.15, -0.1) is 0 Å². The molecular formula is C18H12Cl2F3NO2. The minimum Gasteiger partial charge on any atom is -0.381 e. The number of nitrogens with zero attached hydrogens (tertiary/aromatic N) is 1. The molecule has 0 radical (unpaired) electrons. The predicted octanol–water partition coefficient (Wildman–Crippen LogP) is 5.47. The Kier molecular flexibility index (Phi) is 4.37. The number of ether oxygens (including phenoxy) is 1. The first-order valence-electron chi connectivity index (χ1n) is 7.79. The second kappa shape index (κ2) is 6.44. The Morgan fingerprint density at radius 1 is 0.962 bits per heavy atom. The molecule has 136 valence electrons. The van der Waals surface area contributed by atoms with Gasteiger partial charge in [-0.05, 0) is 41.0 Å². The highest BCUT2D eigenvalue weighted by molar-refractivity contribution is 6.34. The summed E-state index contributed by atoms with van der Waals surface area (Å²) >= 11 is 12.0. The van der Waals surface area contributed by atoms with Gasteiger partial charge in [-0.1, -0.05) is 40.5 Å². The van der Waals surface area contributed by atoms with Gasteiger partial charge in [0.25, 0.3) is 0 Å². The number of benzene rings is 2. The van der Waals surface area contributed by atoms with Crippen LogP contribution >= 0.6 is 23.2 Å². The maximum Gasteiger partial charge on any atom is 0.429 e. The first-order chi connectivity index (χ1) is 12.3. The lowest BCUT2D eigenvalue weighted by Gasteiger charge is -2.22. The normalized spacial score (nSPS) is 22.1. The van der Waals surface area contributed by atoms with Crippen LogP contribution in [0.4, 0.5) is 13.2 Å². The third-order valence-electron chi connectivity index (χ3n) is 4.45. The molecule has 2 aromatic rings. The van der Waals surface area contributed by atoms with E-state index in [4.69, 9.17) is 32.8 Å². The molecule has 2 heterocycles. The quantitative estimate of drug-likeness (QED) is 0.667. The topological polar surface area (TPSA) is 30.8 Å². The number of hydrogen-bond donors (Lipinski definition) is 0. The standard InChI is InChI=1S/C18H12Cl2F3NO2/c19-13-4-11(5-14(20)6-13)15-16(24-26-17(15)18(21,22)23)9-1-2-10-7-25-8-12(10)3-9/h1-6,15,17H,7-8H2. The lowest BCUT2D eigenvalue weighted by molar-refractivity contribution is -0.216. The average Bonchev–Trinajstić information content (AvgIpc) is 3.19. The molecule has 0 saturated carbocycles. The first kappa shape index (κ1) is 17.6. The molecule has 2 aliphatic rings. The van der Waals surface area contributed by atoms with E-state index >= 15 is 0 Å². The molecule has 2 aliphatic heterocycles. The van der Waals surface area contributed by atoms with Gasteiger partial charge < -0.3 is 9.57 Å². The summed E-state index contributed by atoms with van der Waals surface area (Å²) < 4.78 is 45.9. The van der Waals surface area contributed by atoms with E-state index in [1.807, 2.05) is 6.07 Å². The lowest BCUT2D eigenvalue weighted by Crippen LogP contribution is -2.35. The minimum atomic E-state index is -4.59. The van der Waals surface area contributed by atoms with E-state index in [2.05, 4.69) is 5.16 Å². The van der Waals surface area contributed by atoms with Crippen LogP contribution in [0.2, 0.25) is 10.0 Å². The number of hydrogen-bond acceptors (Lipinski definition) is 3. The van der Waals surface area contributed by atoms with Crippen molar-refractivity contribution in [3.05, 3.63) is 68.7 Å². The van der Waals surface area contributed by atoms with Gasteiger partial charge in [-0.2, -0.15) is 13.2 Å². The van der Waals surface area contributed by atoms with Crippen LogP contribution in [-0.4, -0.2) is 18.0 Å². The van der Waals surface area contributed by atoms with E-state index < -0.39 is 18.2 Å². The number of rotatable bonds is 2. The van der Waals surface area contributed by atoms with Crippen LogP contribution in [0.15, 0.2) is 41.6 Å². The molecule has 0 amide bonds. The summed E-state index contributed by atoms with van der Waals surface area (Å²) in [6.45, 7) is 0.921. The van der Waals surface area contributed by atoms with Crippen molar-refractivity contribution < 1.29 is 22.7 Å². The van der Waals surface area contributed by atoms with Gasteiger partial charge in [-0.3, -0.25) is 0 Å². The lowest BCUT2D eigenvalue weighted by atomic mass is 9.85. The molecular weight excluding hydrogens is 390 g/mol. The van der Waals surface area contributed by atoms with Crippen LogP contribution in [0.1, 0.15) is 28.2 Å². The highest BCUT2D eigenvalue weighted by atomic mass is 35.5. The number of halogens is 5. The van der Waals surface area contributed by atoms with Crippen molar-refractivity contribution in [1.29, 1.82) is 0 Å². The second-order valence-corrected chi connectivity index (χ2v) is 7.07. The minimum absolute atomic E-state index is 0.195. The Morgan fingerprint density at radius 3 is 2.35 bits per heavy atom. The summed E-state index contributed by atoms with van der Waals surface area (Å²) in [5.74, 6) is -1.16. The van der Waals surface area contributed by atoms with E-state index in [0.717, 1.165) is 11.1 Å². The molecule has 2 unspecified atom stereocenters. The molecule has 0 aromatic heterocycles. The van der Waals surface area contributed by atoms with Gasteiger partial charge in [0, 0.05) is 15.6 Å². The van der Waals surface area contributed by atoms with Crippen molar-refractivity contribution in [2.24, 2.45) is 5.16 Å². The van der Waals surface area contributed by atoms with Crippen LogP contribution in [-0.2, 0) is 22.8 Å². The van der Waals surface area contributed by atoms with Gasteiger partial charge in [0.15, 0.2) is 0 Å². The summed E-state index contributed by atoms with van der Waals surface area (Å²) in [6.07, 6.45) is -6.69. The first-order valence-corrected chi connectivity index (χ1v) is 8.55. The zero-order valence-electron chi connectivity index (χ0n) is 13.2. The number of alkyl halides is 3. The van der Waals surface area contributed by atoms with Crippen LogP contribution in [0.3, 0.4) is 0 Å². The smallest absolute Gasteiger partial charge is 0.381 e. The van der Waals surface area contributed by atoms with Crippen molar-refractivity contribution in [1.82, 2.24) is 0 Å². The summed E-state index contributed by atoms with van der Waals surface area (Å²) in [6, 6.07) is 9.74. The predicted molar refractivity (Wildman–Crippen MR) is 91.6 cm³/mol. The molecule has 8 heteroatoms. The molecule has 0 aliphatic carbocycles. The summed E-state index contributed by atoms with van der Waals surface area (Å²) in [4.78, 5) is 4.80. The molecule has 2 atom stereocenters. The van der Waals surface area contributed by atoms with Crippen molar-refractivity contribution in [3.63, 3.8) is 0 Å². The van der Waals surface area contributed by atoms with Crippen LogP contribution in [0.5, 0.6) is 0 Å². The Hall–Kier alpha value is -1.76. The summed E-state index contributed by atoms with van der Waals surface area (Å²) in [5, 5.41) is 4.27. The maximum atomic E-state index is 13.5. The van der Waals surface area contributed by atoms with Crippen LogP contribution in [0.25, 0.3) is 0 Å². The Labute approximate surface area is 157 Å². The average molecular weight is 402 g/mol. The van der Waals surface area contributed by atoms with E-state index in [0.29, 0.717) is 24.3 Å².